The Balaban J connectivity index is 1.34. The van der Waals surface area contributed by atoms with Crippen molar-refractivity contribution in [3.05, 3.63) is 75.5 Å². The molecule has 2 aromatic carbocycles. The fourth-order valence-electron chi connectivity index (χ4n) is 5.84. The number of pyridine rings is 1. The zero-order valence-corrected chi connectivity index (χ0v) is 31.0. The molecule has 282 valence electrons. The average molecular weight is 786 g/mol. The number of aromatic nitrogens is 1. The van der Waals surface area contributed by atoms with Crippen molar-refractivity contribution < 1.29 is 50.7 Å². The average Bonchev–Trinajstić information content (AvgIpc) is 4.04. The lowest BCUT2D eigenvalue weighted by molar-refractivity contribution is -0.377. The van der Waals surface area contributed by atoms with Crippen LogP contribution in [-0.2, 0) is 25.9 Å². The molecule has 1 aromatic heterocycles. The molecule has 0 amide bonds. The van der Waals surface area contributed by atoms with Crippen LogP contribution in [0.25, 0.3) is 0 Å². The van der Waals surface area contributed by atoms with Gasteiger partial charge in [-0.3, -0.25) is 9.21 Å². The fraction of sp³-hybridized carbons (Fsp3) is 0.500. The summed E-state index contributed by atoms with van der Waals surface area (Å²) in [5.74, 6) is -0.145. The number of carbonyl (C=O) groups excluding carboxylic acids is 1. The highest BCUT2D eigenvalue weighted by Gasteiger charge is 2.31. The molecule has 0 spiro atoms. The number of hydrogen-bond acceptors (Lipinski definition) is 9. The van der Waals surface area contributed by atoms with E-state index in [4.69, 9.17) is 46.9 Å². The van der Waals surface area contributed by atoms with E-state index in [0.29, 0.717) is 49.1 Å². The van der Waals surface area contributed by atoms with Crippen molar-refractivity contribution >= 4 is 44.9 Å². The van der Waals surface area contributed by atoms with E-state index in [0.717, 1.165) is 45.0 Å². The van der Waals surface area contributed by atoms with Crippen LogP contribution in [0, 0.1) is 11.8 Å². The SMILES string of the molecule is CS(=O)(=O)N(CC1CC1)c1ccc(OCCN2CCOCC2)c(C(=O)O[C@@H](Cc2c(Cl)c[nH+]cc2Cl)c2ccc(OC(F)F)c(OCC3CC3)c2)c1. The number of H-pyrrole nitrogens is 1. The number of morpholine rings is 1. The second-order valence-corrected chi connectivity index (χ2v) is 16.0. The highest BCUT2D eigenvalue weighted by atomic mass is 35.5. The third-order valence-electron chi connectivity index (χ3n) is 9.12. The third-order valence-corrected chi connectivity index (χ3v) is 11.0. The molecule has 1 saturated heterocycles. The number of alkyl halides is 2. The second kappa shape index (κ2) is 17.1. The van der Waals surface area contributed by atoms with E-state index in [1.165, 1.54) is 41.0 Å². The first-order chi connectivity index (χ1) is 24.9. The van der Waals surface area contributed by atoms with Crippen LogP contribution in [-0.4, -0.2) is 84.8 Å². The van der Waals surface area contributed by atoms with Crippen molar-refractivity contribution in [2.24, 2.45) is 11.8 Å². The molecule has 1 N–H and O–H groups in total. The Morgan fingerprint density at radius 2 is 1.67 bits per heavy atom. The van der Waals surface area contributed by atoms with E-state index in [-0.39, 0.29) is 58.3 Å². The molecular weight excluding hydrogens is 743 g/mol. The molecule has 2 aliphatic carbocycles. The van der Waals surface area contributed by atoms with Gasteiger partial charge in [0, 0.05) is 38.2 Å². The van der Waals surface area contributed by atoms with E-state index < -0.39 is 28.7 Å². The van der Waals surface area contributed by atoms with Gasteiger partial charge in [0.05, 0.1) is 31.8 Å². The van der Waals surface area contributed by atoms with Gasteiger partial charge in [0.15, 0.2) is 23.9 Å². The molecule has 0 unspecified atom stereocenters. The van der Waals surface area contributed by atoms with Gasteiger partial charge in [-0.1, -0.05) is 29.3 Å². The number of nitrogens with zero attached hydrogens (tertiary/aromatic N) is 2. The minimum absolute atomic E-state index is 0.000735. The molecule has 1 atom stereocenters. The molecular formula is C36H42Cl2F2N3O8S+. The first kappa shape index (κ1) is 38.3. The lowest BCUT2D eigenvalue weighted by Gasteiger charge is -2.27. The molecule has 2 saturated carbocycles. The summed E-state index contributed by atoms with van der Waals surface area (Å²) in [4.78, 5) is 19.4. The summed E-state index contributed by atoms with van der Waals surface area (Å²) in [5.41, 5.74) is 1.18. The maximum atomic E-state index is 14.3. The van der Waals surface area contributed by atoms with Crippen LogP contribution in [0.15, 0.2) is 48.8 Å². The Morgan fingerprint density at radius 3 is 2.33 bits per heavy atom. The van der Waals surface area contributed by atoms with Crippen LogP contribution in [0.2, 0.25) is 10.0 Å². The van der Waals surface area contributed by atoms with Gasteiger partial charge in [-0.05, 0) is 73.4 Å². The largest absolute Gasteiger partial charge is 0.491 e. The number of nitrogens with one attached hydrogen (secondary N) is 1. The first-order valence-electron chi connectivity index (χ1n) is 17.3. The van der Waals surface area contributed by atoms with Gasteiger partial charge >= 0.3 is 12.6 Å². The molecule has 3 aromatic rings. The normalized spacial score (nSPS) is 17.1. The van der Waals surface area contributed by atoms with E-state index in [9.17, 15) is 22.0 Å². The van der Waals surface area contributed by atoms with Gasteiger partial charge in [-0.25, -0.2) is 18.2 Å². The van der Waals surface area contributed by atoms with Gasteiger partial charge in [-0.15, -0.1) is 0 Å². The van der Waals surface area contributed by atoms with E-state index >= 15 is 0 Å². The predicted molar refractivity (Wildman–Crippen MR) is 190 cm³/mol. The molecule has 3 fully saturated rings. The number of sulfonamides is 1. The molecule has 0 bridgehead atoms. The third kappa shape index (κ3) is 10.6. The van der Waals surface area contributed by atoms with Gasteiger partial charge in [0.2, 0.25) is 10.0 Å². The standard InChI is InChI=1S/C36H41Cl2F2N3O8S/c1-52(45,46)43(21-23-2-3-23)26-7-9-31(48-15-12-42-10-13-47-14-11-42)28(17-26)35(44)50-33(18-27-29(37)19-41-20-30(27)38)25-6-8-32(51-36(39)40)34(16-25)49-22-24-4-5-24/h6-9,16-17,19-20,23-24,33,36H,2-5,10-15,18,21-22H2,1H3/p+1/t33-/m0/s1. The van der Waals surface area contributed by atoms with Crippen LogP contribution < -0.4 is 23.5 Å². The summed E-state index contributed by atoms with van der Waals surface area (Å²) in [6.45, 7) is 1.08. The maximum Gasteiger partial charge on any atom is 0.387 e. The molecule has 0 radical (unpaired) electrons. The molecule has 2 heterocycles. The van der Waals surface area contributed by atoms with Crippen LogP contribution in [0.5, 0.6) is 17.2 Å². The van der Waals surface area contributed by atoms with Crippen molar-refractivity contribution in [3.8, 4) is 17.2 Å². The Kier molecular flexibility index (Phi) is 12.6. The fourth-order valence-corrected chi connectivity index (χ4v) is 7.35. The number of halogens is 4. The predicted octanol–water partition coefficient (Wildman–Crippen LogP) is 6.23. The quantitative estimate of drug-likeness (QED) is 0.139. The number of rotatable bonds is 18. The topological polar surface area (TPSA) is 118 Å². The second-order valence-electron chi connectivity index (χ2n) is 13.3. The monoisotopic (exact) mass is 784 g/mol. The van der Waals surface area contributed by atoms with Crippen molar-refractivity contribution in [3.63, 3.8) is 0 Å². The summed E-state index contributed by atoms with van der Waals surface area (Å²) >= 11 is 13.1. The number of anilines is 1. The molecule has 16 heteroatoms. The minimum atomic E-state index is -3.69. The van der Waals surface area contributed by atoms with E-state index in [1.54, 1.807) is 12.1 Å². The van der Waals surface area contributed by atoms with Crippen molar-refractivity contribution in [2.75, 3.05) is 63.2 Å². The minimum Gasteiger partial charge on any atom is -0.491 e. The van der Waals surface area contributed by atoms with E-state index in [2.05, 4.69) is 9.88 Å². The van der Waals surface area contributed by atoms with Gasteiger partial charge in [0.25, 0.3) is 0 Å². The lowest BCUT2D eigenvalue weighted by Crippen LogP contribution is -2.38. The van der Waals surface area contributed by atoms with Gasteiger partial charge in [0.1, 0.15) is 34.1 Å². The molecule has 6 rings (SSSR count). The molecule has 1 aliphatic heterocycles. The maximum absolute atomic E-state index is 14.3. The summed E-state index contributed by atoms with van der Waals surface area (Å²) in [5, 5.41) is 0.573. The van der Waals surface area contributed by atoms with E-state index in [1.807, 2.05) is 0 Å². The van der Waals surface area contributed by atoms with Crippen LogP contribution in [0.3, 0.4) is 0 Å². The molecule has 3 aliphatic rings. The summed E-state index contributed by atoms with van der Waals surface area (Å²) in [7, 11) is -3.69. The van der Waals surface area contributed by atoms with Crippen molar-refractivity contribution in [1.82, 2.24) is 4.90 Å². The number of aromatic amines is 1. The Bertz CT molecular complexity index is 1800. The summed E-state index contributed by atoms with van der Waals surface area (Å²) < 4.78 is 82.3. The van der Waals surface area contributed by atoms with Crippen LogP contribution in [0.4, 0.5) is 14.5 Å². The Hall–Kier alpha value is -3.43. The van der Waals surface area contributed by atoms with Gasteiger partial charge < -0.3 is 23.7 Å². The number of carbonyl (C=O) groups is 1. The lowest BCUT2D eigenvalue weighted by atomic mass is 10.0. The van der Waals surface area contributed by atoms with Crippen LogP contribution >= 0.6 is 23.2 Å². The zero-order chi connectivity index (χ0) is 36.8. The van der Waals surface area contributed by atoms with Crippen molar-refractivity contribution in [2.45, 2.75) is 44.8 Å². The summed E-state index contributed by atoms with van der Waals surface area (Å²) in [6, 6.07) is 9.02. The molecule has 11 nitrogen and oxygen atoms in total. The summed E-state index contributed by atoms with van der Waals surface area (Å²) in [6.07, 6.45) is 6.92. The van der Waals surface area contributed by atoms with Gasteiger partial charge in [-0.2, -0.15) is 8.78 Å². The number of hydrogen-bond donors (Lipinski definition) is 0. The molecule has 52 heavy (non-hydrogen) atoms. The van der Waals surface area contributed by atoms with Crippen molar-refractivity contribution in [1.29, 1.82) is 0 Å². The Morgan fingerprint density at radius 1 is 0.981 bits per heavy atom. The van der Waals surface area contributed by atoms with Crippen LogP contribution in [0.1, 0.15) is 53.3 Å². The zero-order valence-electron chi connectivity index (χ0n) is 28.7. The number of benzene rings is 2. The smallest absolute Gasteiger partial charge is 0.387 e. The Labute approximate surface area is 312 Å². The number of esters is 1. The first-order valence-corrected chi connectivity index (χ1v) is 19.9. The highest BCUT2D eigenvalue weighted by molar-refractivity contribution is 7.92. The number of ether oxygens (including phenoxy) is 5. The highest BCUT2D eigenvalue weighted by Crippen LogP contribution is 2.39.